The fourth-order valence-electron chi connectivity index (χ4n) is 3.96. The van der Waals surface area contributed by atoms with Crippen LogP contribution in [0.25, 0.3) is 11.4 Å². The van der Waals surface area contributed by atoms with Crippen molar-refractivity contribution >= 4 is 24.6 Å². The van der Waals surface area contributed by atoms with E-state index in [2.05, 4.69) is 6.07 Å². The van der Waals surface area contributed by atoms with Crippen molar-refractivity contribution in [2.45, 2.75) is 6.54 Å². The SMILES string of the molecule is N#Cc1ccc(C2=Cc3ccccc3N(Cc3ccccc3)P2(=O)Oc2ccccc2)cc1. The number of para-hydroxylation sites is 2. The second-order valence-electron chi connectivity index (χ2n) is 7.75. The van der Waals surface area contributed by atoms with E-state index in [0.29, 0.717) is 23.2 Å². The fraction of sp³-hybridized carbons (Fsp3) is 0.0357. The van der Waals surface area contributed by atoms with E-state index in [1.54, 1.807) is 12.1 Å². The number of hydrogen-bond acceptors (Lipinski definition) is 3. The van der Waals surface area contributed by atoms with Crippen LogP contribution >= 0.6 is 7.52 Å². The normalized spacial score (nSPS) is 16.9. The van der Waals surface area contributed by atoms with Gasteiger partial charge in [-0.2, -0.15) is 5.26 Å². The molecule has 5 rings (SSSR count). The zero-order valence-electron chi connectivity index (χ0n) is 17.8. The average molecular weight is 448 g/mol. The molecule has 0 bridgehead atoms. The molecule has 0 saturated carbocycles. The van der Waals surface area contributed by atoms with Crippen molar-refractivity contribution in [3.63, 3.8) is 0 Å². The van der Waals surface area contributed by atoms with E-state index in [4.69, 9.17) is 4.52 Å². The summed E-state index contributed by atoms with van der Waals surface area (Å²) in [7, 11) is -3.59. The number of nitrogens with zero attached hydrogens (tertiary/aromatic N) is 2. The quantitative estimate of drug-likeness (QED) is 0.300. The van der Waals surface area contributed by atoms with Gasteiger partial charge in [-0.15, -0.1) is 0 Å². The Morgan fingerprint density at radius 3 is 2.12 bits per heavy atom. The van der Waals surface area contributed by atoms with Crippen molar-refractivity contribution < 1.29 is 9.09 Å². The second kappa shape index (κ2) is 8.82. The van der Waals surface area contributed by atoms with Gasteiger partial charge in [0.15, 0.2) is 0 Å². The van der Waals surface area contributed by atoms with Gasteiger partial charge in [0.1, 0.15) is 5.75 Å². The summed E-state index contributed by atoms with van der Waals surface area (Å²) >= 11 is 0. The molecule has 0 N–H and O–H groups in total. The highest BCUT2D eigenvalue weighted by atomic mass is 31.2. The van der Waals surface area contributed by atoms with Crippen LogP contribution in [-0.2, 0) is 11.1 Å². The summed E-state index contributed by atoms with van der Waals surface area (Å²) in [4.78, 5) is 0. The highest BCUT2D eigenvalue weighted by Crippen LogP contribution is 2.66. The zero-order valence-corrected chi connectivity index (χ0v) is 18.7. The minimum atomic E-state index is -3.59. The summed E-state index contributed by atoms with van der Waals surface area (Å²) in [5.74, 6) is 0.540. The van der Waals surface area contributed by atoms with E-state index in [0.717, 1.165) is 22.4 Å². The summed E-state index contributed by atoms with van der Waals surface area (Å²) in [6, 6.07) is 36.4. The van der Waals surface area contributed by atoms with Crippen LogP contribution in [0.15, 0.2) is 109 Å². The van der Waals surface area contributed by atoms with E-state index in [1.807, 2.05) is 108 Å². The van der Waals surface area contributed by atoms with E-state index in [9.17, 15) is 9.83 Å². The summed E-state index contributed by atoms with van der Waals surface area (Å²) in [5, 5.41) is 9.82. The average Bonchev–Trinajstić information content (AvgIpc) is 2.87. The predicted octanol–water partition coefficient (Wildman–Crippen LogP) is 7.35. The van der Waals surface area contributed by atoms with Crippen LogP contribution in [0.1, 0.15) is 22.3 Å². The van der Waals surface area contributed by atoms with E-state index >= 15 is 0 Å². The standard InChI is InChI=1S/C28H21N2O2P/c29-20-22-15-17-24(18-16-22)28-19-25-11-7-8-14-27(25)30(21-23-9-3-1-4-10-23)33(28,31)32-26-12-5-2-6-13-26/h1-19H,21H2. The van der Waals surface area contributed by atoms with Crippen LogP contribution in [-0.4, -0.2) is 0 Å². The topological polar surface area (TPSA) is 53.3 Å². The maximum absolute atomic E-state index is 15.0. The van der Waals surface area contributed by atoms with E-state index in [-0.39, 0.29) is 0 Å². The van der Waals surface area contributed by atoms with Crippen molar-refractivity contribution in [3.8, 4) is 11.8 Å². The fourth-order valence-corrected chi connectivity index (χ4v) is 6.42. The highest BCUT2D eigenvalue weighted by molar-refractivity contribution is 7.72. The molecule has 0 radical (unpaired) electrons. The molecule has 0 spiro atoms. The largest absolute Gasteiger partial charge is 0.426 e. The Hall–Kier alpha value is -4.06. The minimum absolute atomic E-state index is 0.426. The third kappa shape index (κ3) is 4.07. The van der Waals surface area contributed by atoms with Gasteiger partial charge < -0.3 is 4.52 Å². The third-order valence-corrected chi connectivity index (χ3v) is 8.03. The predicted molar refractivity (Wildman–Crippen MR) is 133 cm³/mol. The molecule has 0 saturated heterocycles. The minimum Gasteiger partial charge on any atom is -0.426 e. The molecule has 0 amide bonds. The Bertz CT molecular complexity index is 1390. The molecule has 160 valence electrons. The summed E-state index contributed by atoms with van der Waals surface area (Å²) in [6.07, 6.45) is 1.95. The number of nitriles is 1. The Morgan fingerprint density at radius 2 is 1.42 bits per heavy atom. The van der Waals surface area contributed by atoms with E-state index in [1.165, 1.54) is 0 Å². The van der Waals surface area contributed by atoms with Crippen molar-refractivity contribution in [1.29, 1.82) is 5.26 Å². The smallest absolute Gasteiger partial charge is 0.375 e. The van der Waals surface area contributed by atoms with Crippen LogP contribution in [0.3, 0.4) is 0 Å². The number of anilines is 1. The molecular weight excluding hydrogens is 427 g/mol. The molecule has 0 aliphatic carbocycles. The summed E-state index contributed by atoms with van der Waals surface area (Å²) in [5.41, 5.74) is 4.18. The lowest BCUT2D eigenvalue weighted by Gasteiger charge is -2.38. The van der Waals surface area contributed by atoms with Crippen LogP contribution < -0.4 is 9.19 Å². The van der Waals surface area contributed by atoms with Gasteiger partial charge >= 0.3 is 7.52 Å². The molecule has 1 aliphatic heterocycles. The number of rotatable bonds is 5. The molecule has 4 nitrogen and oxygen atoms in total. The Kier molecular flexibility index (Phi) is 5.57. The van der Waals surface area contributed by atoms with Gasteiger partial charge in [0.05, 0.1) is 29.2 Å². The van der Waals surface area contributed by atoms with Crippen LogP contribution in [0.4, 0.5) is 5.69 Å². The Balaban J connectivity index is 1.70. The van der Waals surface area contributed by atoms with E-state index < -0.39 is 7.52 Å². The Labute approximate surface area is 193 Å². The molecule has 1 heterocycles. The monoisotopic (exact) mass is 448 g/mol. The molecule has 0 aromatic heterocycles. The number of benzene rings is 4. The van der Waals surface area contributed by atoms with Crippen molar-refractivity contribution in [3.05, 3.63) is 131 Å². The lowest BCUT2D eigenvalue weighted by Crippen LogP contribution is -2.26. The lowest BCUT2D eigenvalue weighted by molar-refractivity contribution is 0.487. The lowest BCUT2D eigenvalue weighted by atomic mass is 10.1. The zero-order chi connectivity index (χ0) is 22.7. The molecule has 5 heteroatoms. The first-order valence-electron chi connectivity index (χ1n) is 10.7. The Morgan fingerprint density at radius 1 is 0.788 bits per heavy atom. The third-order valence-electron chi connectivity index (χ3n) is 5.59. The van der Waals surface area contributed by atoms with Gasteiger partial charge in [-0.05, 0) is 53.1 Å². The van der Waals surface area contributed by atoms with Gasteiger partial charge in [-0.1, -0.05) is 78.9 Å². The molecule has 0 fully saturated rings. The van der Waals surface area contributed by atoms with Gasteiger partial charge in [0.2, 0.25) is 0 Å². The van der Waals surface area contributed by atoms with Crippen molar-refractivity contribution in [1.82, 2.24) is 0 Å². The van der Waals surface area contributed by atoms with Gasteiger partial charge in [-0.25, -0.2) is 4.57 Å². The molecule has 33 heavy (non-hydrogen) atoms. The highest BCUT2D eigenvalue weighted by Gasteiger charge is 2.42. The maximum atomic E-state index is 15.0. The molecule has 4 aromatic rings. The van der Waals surface area contributed by atoms with Gasteiger partial charge in [-0.3, -0.25) is 4.67 Å². The molecular formula is C28H21N2O2P. The van der Waals surface area contributed by atoms with Gasteiger partial charge in [0.25, 0.3) is 0 Å². The van der Waals surface area contributed by atoms with Crippen LogP contribution in [0.2, 0.25) is 0 Å². The molecule has 1 aliphatic rings. The first-order chi connectivity index (χ1) is 16.2. The number of hydrogen-bond donors (Lipinski definition) is 0. The molecule has 4 aromatic carbocycles. The number of fused-ring (bicyclic) bond motifs is 1. The summed E-state index contributed by atoms with van der Waals surface area (Å²) < 4.78 is 23.2. The van der Waals surface area contributed by atoms with Crippen LogP contribution in [0, 0.1) is 11.3 Å². The first-order valence-corrected chi connectivity index (χ1v) is 12.2. The molecule has 1 atom stereocenters. The first kappa shape index (κ1) is 20.8. The second-order valence-corrected chi connectivity index (χ2v) is 9.93. The van der Waals surface area contributed by atoms with Gasteiger partial charge in [0, 0.05) is 0 Å². The van der Waals surface area contributed by atoms with Crippen LogP contribution in [0.5, 0.6) is 5.75 Å². The summed E-state index contributed by atoms with van der Waals surface area (Å²) in [6.45, 7) is 0.426. The maximum Gasteiger partial charge on any atom is 0.375 e. The van der Waals surface area contributed by atoms with Crippen molar-refractivity contribution in [2.24, 2.45) is 0 Å². The molecule has 1 unspecified atom stereocenters. The van der Waals surface area contributed by atoms with Crippen molar-refractivity contribution in [2.75, 3.05) is 4.67 Å².